The number of nitro groups is 1. The van der Waals surface area contributed by atoms with Crippen molar-refractivity contribution in [1.29, 1.82) is 0 Å². The predicted molar refractivity (Wildman–Crippen MR) is 48.9 cm³/mol. The maximum absolute atomic E-state index is 10.4. The highest BCUT2D eigenvalue weighted by atomic mass is 32.2. The van der Waals surface area contributed by atoms with E-state index in [2.05, 4.69) is 4.18 Å². The van der Waals surface area contributed by atoms with Gasteiger partial charge in [0.1, 0.15) is 11.4 Å². The van der Waals surface area contributed by atoms with Gasteiger partial charge >= 0.3 is 11.4 Å². The largest absolute Gasteiger partial charge is 0.393 e. The van der Waals surface area contributed by atoms with Crippen LogP contribution in [0.15, 0.2) is 18.2 Å². The number of hydrogen-bond donors (Lipinski definition) is 2. The molecule has 0 heterocycles. The topological polar surface area (TPSA) is 116 Å². The minimum Gasteiger partial charge on any atom is -0.393 e. The predicted octanol–water partition coefficient (Wildman–Crippen LogP) is 0.692. The number of nitro benzene ring substituents is 1. The summed E-state index contributed by atoms with van der Waals surface area (Å²) in [7, 11) is 0. The molecule has 14 heavy (non-hydrogen) atoms. The molecule has 0 aliphatic rings. The lowest BCUT2D eigenvalue weighted by molar-refractivity contribution is -0.383. The van der Waals surface area contributed by atoms with Gasteiger partial charge in [0.15, 0.2) is 0 Å². The lowest BCUT2D eigenvalue weighted by atomic mass is 10.2. The first-order valence-electron chi connectivity index (χ1n) is 3.34. The monoisotopic (exact) mass is 218 g/mol. The third kappa shape index (κ3) is 2.41. The SMILES string of the molecule is Nc1ccc(OS(=O)O)cc1[N+](=O)[O-]. The van der Waals surface area contributed by atoms with Gasteiger partial charge in [-0.05, 0) is 12.1 Å². The maximum Gasteiger partial charge on any atom is 0.357 e. The van der Waals surface area contributed by atoms with Crippen molar-refractivity contribution < 1.29 is 17.9 Å². The van der Waals surface area contributed by atoms with Crippen LogP contribution in [0.2, 0.25) is 0 Å². The molecule has 1 unspecified atom stereocenters. The van der Waals surface area contributed by atoms with Crippen LogP contribution in [0.4, 0.5) is 11.4 Å². The molecule has 1 rings (SSSR count). The van der Waals surface area contributed by atoms with Gasteiger partial charge in [-0.2, -0.15) is 4.21 Å². The van der Waals surface area contributed by atoms with Crippen molar-refractivity contribution in [1.82, 2.24) is 0 Å². The fourth-order valence-electron chi connectivity index (χ4n) is 0.816. The Morgan fingerprint density at radius 1 is 1.57 bits per heavy atom. The van der Waals surface area contributed by atoms with Gasteiger partial charge in [-0.1, -0.05) is 0 Å². The first-order chi connectivity index (χ1) is 6.50. The van der Waals surface area contributed by atoms with E-state index in [4.69, 9.17) is 10.3 Å². The van der Waals surface area contributed by atoms with E-state index in [1.165, 1.54) is 12.1 Å². The summed E-state index contributed by atoms with van der Waals surface area (Å²) in [6.07, 6.45) is 0. The lowest BCUT2D eigenvalue weighted by Gasteiger charge is -2.00. The average molecular weight is 218 g/mol. The van der Waals surface area contributed by atoms with Crippen molar-refractivity contribution in [2.45, 2.75) is 0 Å². The minimum atomic E-state index is -2.51. The van der Waals surface area contributed by atoms with Gasteiger partial charge in [0.05, 0.1) is 11.0 Å². The highest BCUT2D eigenvalue weighted by molar-refractivity contribution is 7.74. The average Bonchev–Trinajstić information content (AvgIpc) is 2.07. The maximum atomic E-state index is 10.4. The van der Waals surface area contributed by atoms with Crippen molar-refractivity contribution in [2.24, 2.45) is 0 Å². The van der Waals surface area contributed by atoms with Gasteiger partial charge in [0.25, 0.3) is 5.69 Å². The van der Waals surface area contributed by atoms with Crippen LogP contribution in [0.25, 0.3) is 0 Å². The van der Waals surface area contributed by atoms with E-state index in [0.717, 1.165) is 6.07 Å². The summed E-state index contributed by atoms with van der Waals surface area (Å²) in [5, 5.41) is 10.4. The van der Waals surface area contributed by atoms with E-state index in [0.29, 0.717) is 0 Å². The fraction of sp³-hybridized carbons (Fsp3) is 0. The van der Waals surface area contributed by atoms with Crippen molar-refractivity contribution in [3.8, 4) is 5.75 Å². The molecule has 0 bridgehead atoms. The number of rotatable bonds is 3. The van der Waals surface area contributed by atoms with Crippen molar-refractivity contribution in [2.75, 3.05) is 5.73 Å². The molecule has 0 aromatic heterocycles. The van der Waals surface area contributed by atoms with Crippen LogP contribution in [-0.2, 0) is 11.4 Å². The molecule has 0 aliphatic carbocycles. The zero-order valence-electron chi connectivity index (χ0n) is 6.75. The smallest absolute Gasteiger partial charge is 0.357 e. The fourth-order valence-corrected chi connectivity index (χ4v) is 1.08. The van der Waals surface area contributed by atoms with Gasteiger partial charge in [-0.25, -0.2) is 0 Å². The van der Waals surface area contributed by atoms with Gasteiger partial charge in [0, 0.05) is 0 Å². The van der Waals surface area contributed by atoms with E-state index < -0.39 is 16.3 Å². The Hall–Kier alpha value is -1.67. The Morgan fingerprint density at radius 3 is 2.71 bits per heavy atom. The molecule has 1 aromatic carbocycles. The quantitative estimate of drug-likeness (QED) is 0.333. The van der Waals surface area contributed by atoms with Gasteiger partial charge in [-0.15, -0.1) is 0 Å². The van der Waals surface area contributed by atoms with Crippen LogP contribution in [0.5, 0.6) is 5.75 Å². The Kier molecular flexibility index (Phi) is 2.99. The molecular formula is C6H6N2O5S. The van der Waals surface area contributed by atoms with E-state index in [-0.39, 0.29) is 17.1 Å². The van der Waals surface area contributed by atoms with Crippen molar-refractivity contribution >= 4 is 22.7 Å². The van der Waals surface area contributed by atoms with Crippen LogP contribution in [-0.4, -0.2) is 13.7 Å². The first kappa shape index (κ1) is 10.4. The summed E-state index contributed by atoms with van der Waals surface area (Å²) in [4.78, 5) is 9.69. The molecule has 0 aliphatic heterocycles. The molecule has 3 N–H and O–H groups in total. The molecule has 76 valence electrons. The van der Waals surface area contributed by atoms with E-state index in [1.807, 2.05) is 0 Å². The van der Waals surface area contributed by atoms with E-state index in [1.54, 1.807) is 0 Å². The molecular weight excluding hydrogens is 212 g/mol. The number of hydrogen-bond acceptors (Lipinski definition) is 5. The number of nitrogens with two attached hydrogens (primary N) is 1. The Balaban J connectivity index is 3.06. The summed E-state index contributed by atoms with van der Waals surface area (Å²) in [6.45, 7) is 0. The van der Waals surface area contributed by atoms with E-state index in [9.17, 15) is 14.3 Å². The van der Waals surface area contributed by atoms with Crippen LogP contribution in [0, 0.1) is 10.1 Å². The standard InChI is InChI=1S/C6H6N2O5S/c7-5-2-1-4(13-14(11)12)3-6(5)8(9)10/h1-3H,7H2,(H,11,12). The first-order valence-corrected chi connectivity index (χ1v) is 4.37. The molecule has 1 aromatic rings. The lowest BCUT2D eigenvalue weighted by Crippen LogP contribution is -2.00. The molecule has 1 atom stereocenters. The third-order valence-electron chi connectivity index (χ3n) is 1.37. The summed E-state index contributed by atoms with van der Waals surface area (Å²) in [6, 6.07) is 3.46. The van der Waals surface area contributed by atoms with Gasteiger partial charge < -0.3 is 9.92 Å². The second kappa shape index (κ2) is 4.03. The second-order valence-electron chi connectivity index (χ2n) is 2.28. The summed E-state index contributed by atoms with van der Waals surface area (Å²) >= 11 is -2.51. The Bertz CT molecular complexity index is 394. The Morgan fingerprint density at radius 2 is 2.21 bits per heavy atom. The molecule has 0 amide bonds. The highest BCUT2D eigenvalue weighted by Crippen LogP contribution is 2.26. The normalized spacial score (nSPS) is 12.1. The Labute approximate surface area is 81.1 Å². The second-order valence-corrected chi connectivity index (χ2v) is 2.88. The van der Waals surface area contributed by atoms with Gasteiger partial charge in [-0.3, -0.25) is 14.7 Å². The van der Waals surface area contributed by atoms with Crippen LogP contribution in [0.3, 0.4) is 0 Å². The molecule has 0 saturated heterocycles. The molecule has 0 fully saturated rings. The minimum absolute atomic E-state index is 0.0360. The number of nitrogens with zero attached hydrogens (tertiary/aromatic N) is 1. The zero-order valence-corrected chi connectivity index (χ0v) is 7.56. The molecule has 7 nitrogen and oxygen atoms in total. The summed E-state index contributed by atoms with van der Waals surface area (Å²) in [5.41, 5.74) is 4.88. The molecule has 0 radical (unpaired) electrons. The number of benzene rings is 1. The third-order valence-corrected chi connectivity index (χ3v) is 1.70. The molecule has 8 heteroatoms. The molecule has 0 spiro atoms. The number of anilines is 1. The highest BCUT2D eigenvalue weighted by Gasteiger charge is 2.13. The van der Waals surface area contributed by atoms with Gasteiger partial charge in [0.2, 0.25) is 0 Å². The van der Waals surface area contributed by atoms with Crippen LogP contribution in [0.1, 0.15) is 0 Å². The summed E-state index contributed by atoms with van der Waals surface area (Å²) in [5.74, 6) is -0.0910. The van der Waals surface area contributed by atoms with Crippen molar-refractivity contribution in [3.63, 3.8) is 0 Å². The zero-order chi connectivity index (χ0) is 10.7. The van der Waals surface area contributed by atoms with Crippen LogP contribution >= 0.6 is 0 Å². The van der Waals surface area contributed by atoms with Crippen LogP contribution < -0.4 is 9.92 Å². The summed E-state index contributed by atoms with van der Waals surface area (Å²) < 4.78 is 22.9. The molecule has 0 saturated carbocycles. The van der Waals surface area contributed by atoms with Crippen molar-refractivity contribution in [3.05, 3.63) is 28.3 Å². The van der Waals surface area contributed by atoms with E-state index >= 15 is 0 Å². The number of nitrogen functional groups attached to an aromatic ring is 1.